The molecule has 0 aromatic rings. The Bertz CT molecular complexity index is 85.1. The van der Waals surface area contributed by atoms with Crippen LogP contribution in [0.15, 0.2) is 0 Å². The van der Waals surface area contributed by atoms with E-state index in [0.29, 0.717) is 0 Å². The van der Waals surface area contributed by atoms with Gasteiger partial charge in [0.05, 0.1) is 0 Å². The van der Waals surface area contributed by atoms with E-state index in [-0.39, 0.29) is 0 Å². The van der Waals surface area contributed by atoms with Crippen LogP contribution in [0.2, 0.25) is 0 Å². The summed E-state index contributed by atoms with van der Waals surface area (Å²) in [7, 11) is 1.94. The summed E-state index contributed by atoms with van der Waals surface area (Å²) in [6.45, 7) is 9.34. The molecule has 0 saturated carbocycles. The molecule has 0 aliphatic carbocycles. The van der Waals surface area contributed by atoms with E-state index in [2.05, 4.69) is 41.9 Å². The second-order valence-electron chi connectivity index (χ2n) is 2.57. The topological polar surface area (TPSA) is 30.5 Å². The van der Waals surface area contributed by atoms with Crippen molar-refractivity contribution in [3.05, 3.63) is 0 Å². The molecule has 2 N–H and O–H groups in total. The molecule has 0 aliphatic heterocycles. The summed E-state index contributed by atoms with van der Waals surface area (Å²) in [5, 5.41) is 4.17. The number of hydrogen-bond donors (Lipinski definition) is 2. The van der Waals surface area contributed by atoms with Crippen molar-refractivity contribution >= 4 is 0 Å². The Labute approximate surface area is 75.8 Å². The number of hydrazine groups is 3. The average Bonchev–Trinajstić information content (AvgIpc) is 2.11. The predicted octanol–water partition coefficient (Wildman–Crippen LogP) is 0.594. The van der Waals surface area contributed by atoms with Gasteiger partial charge in [-0.05, 0) is 13.3 Å². The molecular formula is C8H22N4. The van der Waals surface area contributed by atoms with Crippen LogP contribution in [-0.4, -0.2) is 36.9 Å². The van der Waals surface area contributed by atoms with E-state index < -0.39 is 0 Å². The summed E-state index contributed by atoms with van der Waals surface area (Å²) < 4.78 is 0. The van der Waals surface area contributed by atoms with Crippen LogP contribution in [-0.2, 0) is 0 Å². The van der Waals surface area contributed by atoms with Crippen molar-refractivity contribution in [2.24, 2.45) is 0 Å². The molecule has 0 unspecified atom stereocenters. The molecule has 0 spiro atoms. The summed E-state index contributed by atoms with van der Waals surface area (Å²) in [6, 6.07) is 0. The fourth-order valence-corrected chi connectivity index (χ4v) is 1.12. The van der Waals surface area contributed by atoms with E-state index in [4.69, 9.17) is 0 Å². The molecule has 4 heteroatoms. The van der Waals surface area contributed by atoms with Crippen LogP contribution in [0.1, 0.15) is 27.2 Å². The highest BCUT2D eigenvalue weighted by atomic mass is 15.9. The maximum Gasteiger partial charge on any atom is 0.0301 e. The van der Waals surface area contributed by atoms with E-state index >= 15 is 0 Å². The first kappa shape index (κ1) is 11.8. The third-order valence-electron chi connectivity index (χ3n) is 1.63. The smallest absolute Gasteiger partial charge is 0.0301 e. The van der Waals surface area contributed by atoms with Gasteiger partial charge in [-0.1, -0.05) is 13.8 Å². The zero-order valence-electron chi connectivity index (χ0n) is 8.72. The number of nitrogens with zero attached hydrogens (tertiary/aromatic N) is 2. The van der Waals surface area contributed by atoms with Crippen molar-refractivity contribution in [1.29, 1.82) is 0 Å². The van der Waals surface area contributed by atoms with Crippen LogP contribution in [0.25, 0.3) is 0 Å². The maximum atomic E-state index is 3.26. The Hall–Kier alpha value is -0.160. The second-order valence-corrected chi connectivity index (χ2v) is 2.57. The molecule has 0 aromatic heterocycles. The Morgan fingerprint density at radius 2 is 1.75 bits per heavy atom. The summed E-state index contributed by atoms with van der Waals surface area (Å²) in [5.41, 5.74) is 6.40. The molecule has 0 bridgehead atoms. The summed E-state index contributed by atoms with van der Waals surface area (Å²) in [4.78, 5) is 0. The first-order valence-electron chi connectivity index (χ1n) is 4.75. The van der Waals surface area contributed by atoms with Gasteiger partial charge in [0.1, 0.15) is 0 Å². The highest BCUT2D eigenvalue weighted by Crippen LogP contribution is 1.90. The minimum absolute atomic E-state index is 0.954. The minimum atomic E-state index is 0.954. The molecule has 0 rings (SSSR count). The predicted molar refractivity (Wildman–Crippen MR) is 52.1 cm³/mol. The molecule has 0 saturated heterocycles. The summed E-state index contributed by atoms with van der Waals surface area (Å²) in [6.07, 6.45) is 1.14. The Balaban J connectivity index is 3.84. The van der Waals surface area contributed by atoms with Crippen LogP contribution in [0.5, 0.6) is 0 Å². The summed E-state index contributed by atoms with van der Waals surface area (Å²) >= 11 is 0. The molecule has 12 heavy (non-hydrogen) atoms. The molecule has 0 atom stereocenters. The van der Waals surface area contributed by atoms with Crippen LogP contribution in [0.4, 0.5) is 0 Å². The molecule has 0 aromatic carbocycles. The van der Waals surface area contributed by atoms with Gasteiger partial charge < -0.3 is 0 Å². The van der Waals surface area contributed by atoms with Gasteiger partial charge in [-0.15, -0.1) is 0 Å². The summed E-state index contributed by atoms with van der Waals surface area (Å²) in [5.74, 6) is 0. The van der Waals surface area contributed by atoms with Crippen LogP contribution < -0.4 is 10.9 Å². The van der Waals surface area contributed by atoms with Crippen molar-refractivity contribution in [3.8, 4) is 0 Å². The van der Waals surface area contributed by atoms with Gasteiger partial charge in [0.2, 0.25) is 0 Å². The SMILES string of the molecule is CCCN(NC)N(CC)NCC. The first-order valence-corrected chi connectivity index (χ1v) is 4.75. The third-order valence-corrected chi connectivity index (χ3v) is 1.63. The fraction of sp³-hybridized carbons (Fsp3) is 1.00. The Kier molecular flexibility index (Phi) is 7.39. The van der Waals surface area contributed by atoms with Gasteiger partial charge in [0, 0.05) is 26.7 Å². The number of nitrogens with one attached hydrogen (secondary N) is 2. The van der Waals surface area contributed by atoms with Gasteiger partial charge in [-0.2, -0.15) is 10.2 Å². The van der Waals surface area contributed by atoms with Crippen molar-refractivity contribution in [1.82, 2.24) is 21.1 Å². The standard InChI is InChI=1S/C8H22N4/c1-5-8-12(9-4)11(7-3)10-6-2/h9-10H,5-8H2,1-4H3. The lowest BCUT2D eigenvalue weighted by atomic mass is 10.5. The third kappa shape index (κ3) is 4.01. The van der Waals surface area contributed by atoms with E-state index in [0.717, 1.165) is 26.1 Å². The molecule has 4 nitrogen and oxygen atoms in total. The molecule has 74 valence electrons. The minimum Gasteiger partial charge on any atom is -0.243 e. The van der Waals surface area contributed by atoms with Crippen molar-refractivity contribution in [3.63, 3.8) is 0 Å². The van der Waals surface area contributed by atoms with Crippen LogP contribution >= 0.6 is 0 Å². The van der Waals surface area contributed by atoms with Gasteiger partial charge in [-0.25, -0.2) is 10.9 Å². The largest absolute Gasteiger partial charge is 0.243 e. The zero-order chi connectivity index (χ0) is 9.40. The van der Waals surface area contributed by atoms with Crippen LogP contribution in [0.3, 0.4) is 0 Å². The molecule has 0 heterocycles. The first-order chi connectivity index (χ1) is 5.79. The van der Waals surface area contributed by atoms with E-state index in [1.54, 1.807) is 0 Å². The van der Waals surface area contributed by atoms with E-state index in [9.17, 15) is 0 Å². The Morgan fingerprint density at radius 1 is 1.08 bits per heavy atom. The Morgan fingerprint density at radius 3 is 2.08 bits per heavy atom. The lowest BCUT2D eigenvalue weighted by Gasteiger charge is -2.32. The van der Waals surface area contributed by atoms with Crippen molar-refractivity contribution in [2.75, 3.05) is 26.7 Å². The van der Waals surface area contributed by atoms with E-state index in [1.165, 1.54) is 0 Å². The van der Waals surface area contributed by atoms with E-state index in [1.807, 2.05) is 7.05 Å². The molecular weight excluding hydrogens is 152 g/mol. The normalized spacial score (nSPS) is 11.5. The molecule has 0 fully saturated rings. The quantitative estimate of drug-likeness (QED) is 0.553. The zero-order valence-corrected chi connectivity index (χ0v) is 8.72. The maximum absolute atomic E-state index is 3.26. The monoisotopic (exact) mass is 174 g/mol. The average molecular weight is 174 g/mol. The van der Waals surface area contributed by atoms with Gasteiger partial charge in [0.15, 0.2) is 0 Å². The van der Waals surface area contributed by atoms with Gasteiger partial charge in [-0.3, -0.25) is 0 Å². The van der Waals surface area contributed by atoms with Crippen molar-refractivity contribution in [2.45, 2.75) is 27.2 Å². The number of hydrogen-bond acceptors (Lipinski definition) is 4. The van der Waals surface area contributed by atoms with Crippen molar-refractivity contribution < 1.29 is 0 Å². The lowest BCUT2D eigenvalue weighted by molar-refractivity contribution is -0.0985. The van der Waals surface area contributed by atoms with Gasteiger partial charge in [0.25, 0.3) is 0 Å². The highest BCUT2D eigenvalue weighted by molar-refractivity contribution is 4.44. The molecule has 0 amide bonds. The fourth-order valence-electron chi connectivity index (χ4n) is 1.12. The highest BCUT2D eigenvalue weighted by Gasteiger charge is 2.08. The van der Waals surface area contributed by atoms with Gasteiger partial charge >= 0.3 is 0 Å². The lowest BCUT2D eigenvalue weighted by Crippen LogP contribution is -2.55. The number of rotatable bonds is 7. The molecule has 0 aliphatic rings. The van der Waals surface area contributed by atoms with Crippen LogP contribution in [0, 0.1) is 0 Å². The second kappa shape index (κ2) is 7.49. The molecule has 0 radical (unpaired) electrons.